The summed E-state index contributed by atoms with van der Waals surface area (Å²) in [6, 6.07) is 0.0949. The number of carbonyl (C=O) groups excluding carboxylic acids is 2. The number of carbonyl (C=O) groups is 2. The van der Waals surface area contributed by atoms with Crippen molar-refractivity contribution in [2.75, 3.05) is 7.05 Å². The van der Waals surface area contributed by atoms with Crippen molar-refractivity contribution in [2.45, 2.75) is 64.1 Å². The van der Waals surface area contributed by atoms with Crippen molar-refractivity contribution in [3.05, 3.63) is 0 Å². The fourth-order valence-corrected chi connectivity index (χ4v) is 3.41. The molecule has 2 saturated heterocycles. The van der Waals surface area contributed by atoms with E-state index < -0.39 is 0 Å². The van der Waals surface area contributed by atoms with Gasteiger partial charge in [-0.25, -0.2) is 0 Å². The minimum atomic E-state index is 0.00570. The molecule has 2 amide bonds. The van der Waals surface area contributed by atoms with E-state index in [1.54, 1.807) is 0 Å². The highest BCUT2D eigenvalue weighted by atomic mass is 16.2. The van der Waals surface area contributed by atoms with Gasteiger partial charge in [-0.3, -0.25) is 14.5 Å². The summed E-state index contributed by atoms with van der Waals surface area (Å²) in [7, 11) is 2.20. The lowest BCUT2D eigenvalue weighted by atomic mass is 9.76. The average Bonchev–Trinajstić information content (AvgIpc) is 2.12. The molecule has 2 aliphatic rings. The Morgan fingerprint density at radius 2 is 1.47 bits per heavy atom. The van der Waals surface area contributed by atoms with Crippen LogP contribution < -0.4 is 4.90 Å². The standard InChI is InChI=1S/C13H22N2O2/c1-12(2)7-9(8-13(3,4)14(12)5)15-10(16)6-11(15)17/h9H,6-8H2,1-5H3/p+1. The van der Waals surface area contributed by atoms with Gasteiger partial charge in [0, 0.05) is 12.8 Å². The number of amides is 2. The highest BCUT2D eigenvalue weighted by molar-refractivity contribution is 6.15. The molecule has 0 aromatic rings. The van der Waals surface area contributed by atoms with Gasteiger partial charge in [-0.05, 0) is 27.7 Å². The molecule has 0 aromatic carbocycles. The molecule has 96 valence electrons. The molecule has 0 aliphatic carbocycles. The van der Waals surface area contributed by atoms with E-state index in [0.717, 1.165) is 12.8 Å². The van der Waals surface area contributed by atoms with Crippen molar-refractivity contribution < 1.29 is 14.5 Å². The highest BCUT2D eigenvalue weighted by Gasteiger charge is 2.52. The molecule has 17 heavy (non-hydrogen) atoms. The summed E-state index contributed by atoms with van der Waals surface area (Å²) in [6.07, 6.45) is 1.92. The number of nitrogens with one attached hydrogen (secondary N) is 1. The summed E-state index contributed by atoms with van der Waals surface area (Å²) in [5, 5.41) is 0. The normalized spacial score (nSPS) is 35.7. The predicted octanol–water partition coefficient (Wildman–Crippen LogP) is -0.0204. The van der Waals surface area contributed by atoms with E-state index in [0.29, 0.717) is 0 Å². The second kappa shape index (κ2) is 3.55. The minimum Gasteiger partial charge on any atom is -0.328 e. The Hall–Kier alpha value is -0.900. The zero-order valence-corrected chi connectivity index (χ0v) is 11.5. The molecule has 2 rings (SSSR count). The number of quaternary nitrogens is 1. The first-order valence-electron chi connectivity index (χ1n) is 6.34. The molecule has 0 spiro atoms. The van der Waals surface area contributed by atoms with Crippen LogP contribution >= 0.6 is 0 Å². The molecular weight excluding hydrogens is 216 g/mol. The Kier molecular flexibility index (Phi) is 2.62. The Bertz CT molecular complexity index is 342. The summed E-state index contributed by atoms with van der Waals surface area (Å²) >= 11 is 0. The molecule has 0 radical (unpaired) electrons. The van der Waals surface area contributed by atoms with Gasteiger partial charge in [-0.15, -0.1) is 0 Å². The molecule has 4 heteroatoms. The van der Waals surface area contributed by atoms with Crippen LogP contribution in [0.3, 0.4) is 0 Å². The van der Waals surface area contributed by atoms with E-state index in [9.17, 15) is 9.59 Å². The third-order valence-corrected chi connectivity index (χ3v) is 4.73. The zero-order chi connectivity index (χ0) is 13.0. The van der Waals surface area contributed by atoms with E-state index in [4.69, 9.17) is 0 Å². The first kappa shape index (κ1) is 12.6. The maximum absolute atomic E-state index is 11.5. The van der Waals surface area contributed by atoms with Crippen LogP contribution in [0.2, 0.25) is 0 Å². The Morgan fingerprint density at radius 3 is 1.82 bits per heavy atom. The SMILES string of the molecule is C[NH+]1C(C)(C)CC(N2C(=O)CC2=O)CC1(C)C. The van der Waals surface area contributed by atoms with Gasteiger partial charge in [0.25, 0.3) is 0 Å². The maximum atomic E-state index is 11.5. The zero-order valence-electron chi connectivity index (χ0n) is 11.5. The van der Waals surface area contributed by atoms with Crippen LogP contribution in [0.25, 0.3) is 0 Å². The Labute approximate surface area is 103 Å². The van der Waals surface area contributed by atoms with Crippen LogP contribution in [0, 0.1) is 0 Å². The lowest BCUT2D eigenvalue weighted by Gasteiger charge is -2.53. The lowest BCUT2D eigenvalue weighted by molar-refractivity contribution is -0.982. The Morgan fingerprint density at radius 1 is 1.06 bits per heavy atom. The Balaban J connectivity index is 2.22. The van der Waals surface area contributed by atoms with Crippen LogP contribution in [-0.4, -0.2) is 40.9 Å². The number of imide groups is 1. The van der Waals surface area contributed by atoms with E-state index in [2.05, 4.69) is 34.7 Å². The molecule has 0 saturated carbocycles. The topological polar surface area (TPSA) is 41.8 Å². The van der Waals surface area contributed by atoms with Gasteiger partial charge in [0.2, 0.25) is 11.8 Å². The molecule has 0 unspecified atom stereocenters. The fraction of sp³-hybridized carbons (Fsp3) is 0.846. The van der Waals surface area contributed by atoms with Crippen molar-refractivity contribution in [1.82, 2.24) is 4.90 Å². The first-order valence-corrected chi connectivity index (χ1v) is 6.34. The summed E-state index contributed by atoms with van der Waals surface area (Å²) in [4.78, 5) is 26.1. The number of rotatable bonds is 1. The monoisotopic (exact) mass is 239 g/mol. The second-order valence-corrected chi connectivity index (χ2v) is 6.79. The van der Waals surface area contributed by atoms with Gasteiger partial charge in [-0.2, -0.15) is 0 Å². The van der Waals surface area contributed by atoms with E-state index in [-0.39, 0.29) is 35.4 Å². The molecular formula is C13H23N2O2+. The fourth-order valence-electron chi connectivity index (χ4n) is 3.41. The molecule has 1 N–H and O–H groups in total. The largest absolute Gasteiger partial charge is 0.328 e. The van der Waals surface area contributed by atoms with Gasteiger partial charge >= 0.3 is 0 Å². The smallest absolute Gasteiger partial charge is 0.238 e. The second-order valence-electron chi connectivity index (χ2n) is 6.79. The van der Waals surface area contributed by atoms with E-state index >= 15 is 0 Å². The number of hydrogen-bond donors (Lipinski definition) is 1. The van der Waals surface area contributed by atoms with Crippen LogP contribution in [0.15, 0.2) is 0 Å². The van der Waals surface area contributed by atoms with E-state index in [1.807, 2.05) is 0 Å². The summed E-state index contributed by atoms with van der Waals surface area (Å²) < 4.78 is 0. The van der Waals surface area contributed by atoms with Gasteiger partial charge < -0.3 is 4.90 Å². The summed E-state index contributed by atoms with van der Waals surface area (Å²) in [6.45, 7) is 8.85. The van der Waals surface area contributed by atoms with Crippen LogP contribution in [0.1, 0.15) is 47.0 Å². The number of likely N-dealkylation sites (tertiary alicyclic amines) is 2. The molecule has 2 fully saturated rings. The predicted molar refractivity (Wildman–Crippen MR) is 64.5 cm³/mol. The first-order chi connectivity index (χ1) is 7.65. The third-order valence-electron chi connectivity index (χ3n) is 4.73. The van der Waals surface area contributed by atoms with Crippen molar-refractivity contribution >= 4 is 11.8 Å². The molecule has 0 atom stereocenters. The average molecular weight is 239 g/mol. The van der Waals surface area contributed by atoms with Crippen molar-refractivity contribution in [3.8, 4) is 0 Å². The number of nitrogens with zero attached hydrogens (tertiary/aromatic N) is 1. The number of piperidine rings is 1. The third kappa shape index (κ3) is 1.88. The molecule has 0 aromatic heterocycles. The number of hydrogen-bond acceptors (Lipinski definition) is 2. The van der Waals surface area contributed by atoms with E-state index in [1.165, 1.54) is 9.80 Å². The van der Waals surface area contributed by atoms with Crippen molar-refractivity contribution in [2.24, 2.45) is 0 Å². The van der Waals surface area contributed by atoms with Crippen LogP contribution in [-0.2, 0) is 9.59 Å². The minimum absolute atomic E-state index is 0.00570. The van der Waals surface area contributed by atoms with Crippen LogP contribution in [0.4, 0.5) is 0 Å². The maximum Gasteiger partial charge on any atom is 0.238 e. The lowest BCUT2D eigenvalue weighted by Crippen LogP contribution is -3.24. The van der Waals surface area contributed by atoms with Gasteiger partial charge in [-0.1, -0.05) is 0 Å². The summed E-state index contributed by atoms with van der Waals surface area (Å²) in [5.41, 5.74) is 0.200. The molecule has 4 nitrogen and oxygen atoms in total. The van der Waals surface area contributed by atoms with Gasteiger partial charge in [0.1, 0.15) is 6.42 Å². The molecule has 2 heterocycles. The quantitative estimate of drug-likeness (QED) is 0.516. The van der Waals surface area contributed by atoms with Crippen LogP contribution in [0.5, 0.6) is 0 Å². The van der Waals surface area contributed by atoms with Crippen molar-refractivity contribution in [3.63, 3.8) is 0 Å². The van der Waals surface area contributed by atoms with Gasteiger partial charge in [0.15, 0.2) is 0 Å². The molecule has 0 bridgehead atoms. The van der Waals surface area contributed by atoms with Gasteiger partial charge in [0.05, 0.1) is 24.2 Å². The number of β-lactam (4-membered cyclic amide) rings is 2. The summed E-state index contributed by atoms with van der Waals surface area (Å²) in [5.74, 6) is 0.0114. The van der Waals surface area contributed by atoms with Crippen molar-refractivity contribution in [1.29, 1.82) is 0 Å². The molecule has 2 aliphatic heterocycles. The highest BCUT2D eigenvalue weighted by Crippen LogP contribution is 2.30.